The van der Waals surface area contributed by atoms with Gasteiger partial charge in [0.25, 0.3) is 0 Å². The molecule has 0 aromatic carbocycles. The second kappa shape index (κ2) is 3.19. The third-order valence-corrected chi connectivity index (χ3v) is 5.61. The highest BCUT2D eigenvalue weighted by molar-refractivity contribution is 14.1. The lowest BCUT2D eigenvalue weighted by molar-refractivity contribution is 0.118. The van der Waals surface area contributed by atoms with E-state index in [9.17, 15) is 5.11 Å². The van der Waals surface area contributed by atoms with Crippen molar-refractivity contribution in [2.45, 2.75) is 31.3 Å². The first kappa shape index (κ1) is 9.60. The topological polar surface area (TPSA) is 20.2 Å². The summed E-state index contributed by atoms with van der Waals surface area (Å²) in [6.07, 6.45) is 5.08. The van der Waals surface area contributed by atoms with Crippen LogP contribution in [0, 0.1) is 14.7 Å². The summed E-state index contributed by atoms with van der Waals surface area (Å²) >= 11 is 4.07. The first-order chi connectivity index (χ1) is 6.73. The van der Waals surface area contributed by atoms with Gasteiger partial charge in [0.1, 0.15) is 0 Å². The Labute approximate surface area is 102 Å². The first-order valence-electron chi connectivity index (χ1n) is 5.20. The van der Waals surface area contributed by atoms with Crippen LogP contribution in [0.2, 0.25) is 0 Å². The van der Waals surface area contributed by atoms with Crippen molar-refractivity contribution < 1.29 is 5.11 Å². The SMILES string of the molecule is OC1(c2csc(I)c2)C2CCCCC21. The molecular formula is C11H13IOS. The summed E-state index contributed by atoms with van der Waals surface area (Å²) in [7, 11) is 0. The van der Waals surface area contributed by atoms with E-state index >= 15 is 0 Å². The van der Waals surface area contributed by atoms with Gasteiger partial charge in [-0.3, -0.25) is 0 Å². The van der Waals surface area contributed by atoms with Gasteiger partial charge in [-0.15, -0.1) is 11.3 Å². The minimum absolute atomic E-state index is 0.434. The van der Waals surface area contributed by atoms with E-state index in [-0.39, 0.29) is 0 Å². The number of hydrogen-bond donors (Lipinski definition) is 1. The van der Waals surface area contributed by atoms with Crippen LogP contribution in [0.4, 0.5) is 0 Å². The van der Waals surface area contributed by atoms with Gasteiger partial charge in [0.05, 0.1) is 8.48 Å². The van der Waals surface area contributed by atoms with Crippen molar-refractivity contribution in [1.82, 2.24) is 0 Å². The largest absolute Gasteiger partial charge is 0.385 e. The van der Waals surface area contributed by atoms with Crippen LogP contribution in [0.3, 0.4) is 0 Å². The van der Waals surface area contributed by atoms with Crippen molar-refractivity contribution in [1.29, 1.82) is 0 Å². The Morgan fingerprint density at radius 2 is 2.00 bits per heavy atom. The van der Waals surface area contributed by atoms with Crippen LogP contribution < -0.4 is 0 Å². The zero-order chi connectivity index (χ0) is 9.76. The molecule has 1 aromatic heterocycles. The maximum atomic E-state index is 10.6. The van der Waals surface area contributed by atoms with Crippen molar-refractivity contribution in [2.24, 2.45) is 11.8 Å². The van der Waals surface area contributed by atoms with Crippen LogP contribution in [-0.2, 0) is 5.60 Å². The van der Waals surface area contributed by atoms with Crippen LogP contribution in [-0.4, -0.2) is 5.11 Å². The second-order valence-corrected chi connectivity index (χ2v) is 7.27. The van der Waals surface area contributed by atoms with E-state index in [1.54, 1.807) is 11.3 Å². The molecule has 2 unspecified atom stereocenters. The van der Waals surface area contributed by atoms with Crippen LogP contribution in [0.25, 0.3) is 0 Å². The number of aliphatic hydroxyl groups is 1. The molecule has 2 aliphatic rings. The van der Waals surface area contributed by atoms with E-state index in [0.717, 1.165) is 0 Å². The molecule has 1 N–H and O–H groups in total. The smallest absolute Gasteiger partial charge is 0.0968 e. The lowest BCUT2D eigenvalue weighted by Crippen LogP contribution is -2.08. The van der Waals surface area contributed by atoms with Gasteiger partial charge in [0, 0.05) is 0 Å². The molecule has 0 aliphatic heterocycles. The van der Waals surface area contributed by atoms with Crippen LogP contribution in [0.15, 0.2) is 11.4 Å². The van der Waals surface area contributed by atoms with Gasteiger partial charge in [-0.2, -0.15) is 0 Å². The summed E-state index contributed by atoms with van der Waals surface area (Å²) in [4.78, 5) is 0. The Kier molecular flexibility index (Phi) is 2.19. The molecule has 0 amide bonds. The van der Waals surface area contributed by atoms with Crippen molar-refractivity contribution in [3.05, 3.63) is 19.9 Å². The molecule has 1 nitrogen and oxygen atoms in total. The monoisotopic (exact) mass is 320 g/mol. The Morgan fingerprint density at radius 3 is 2.50 bits per heavy atom. The number of halogens is 1. The Bertz CT molecular complexity index is 348. The van der Waals surface area contributed by atoms with Crippen molar-refractivity contribution in [3.63, 3.8) is 0 Å². The molecule has 2 atom stereocenters. The molecular weight excluding hydrogens is 307 g/mol. The predicted octanol–water partition coefficient (Wildman–Crippen LogP) is 3.36. The molecule has 3 rings (SSSR count). The van der Waals surface area contributed by atoms with E-state index in [4.69, 9.17) is 0 Å². The zero-order valence-corrected chi connectivity index (χ0v) is 10.8. The lowest BCUT2D eigenvalue weighted by atomic mass is 10.0. The number of rotatable bonds is 1. The third-order valence-electron chi connectivity index (χ3n) is 3.82. The molecule has 2 fully saturated rings. The highest BCUT2D eigenvalue weighted by Gasteiger charge is 2.64. The fourth-order valence-electron chi connectivity index (χ4n) is 3.04. The minimum atomic E-state index is -0.434. The second-order valence-electron chi connectivity index (χ2n) is 4.46. The summed E-state index contributed by atoms with van der Waals surface area (Å²) in [5.74, 6) is 1.14. The van der Waals surface area contributed by atoms with Gasteiger partial charge in [0.15, 0.2) is 0 Å². The average molecular weight is 320 g/mol. The fourth-order valence-corrected chi connectivity index (χ4v) is 4.45. The van der Waals surface area contributed by atoms with E-state index in [1.165, 1.54) is 34.1 Å². The molecule has 0 radical (unpaired) electrons. The Morgan fingerprint density at radius 1 is 1.36 bits per heavy atom. The highest BCUT2D eigenvalue weighted by atomic mass is 127. The fraction of sp³-hybridized carbons (Fsp3) is 0.636. The van der Waals surface area contributed by atoms with Gasteiger partial charge in [-0.1, -0.05) is 12.8 Å². The molecule has 76 valence electrons. The minimum Gasteiger partial charge on any atom is -0.385 e. The van der Waals surface area contributed by atoms with E-state index in [0.29, 0.717) is 11.8 Å². The van der Waals surface area contributed by atoms with E-state index in [2.05, 4.69) is 34.0 Å². The summed E-state index contributed by atoms with van der Waals surface area (Å²) in [5, 5.41) is 12.7. The quantitative estimate of drug-likeness (QED) is 0.787. The first-order valence-corrected chi connectivity index (χ1v) is 7.15. The number of fused-ring (bicyclic) bond motifs is 1. The molecule has 2 aliphatic carbocycles. The molecule has 1 aromatic rings. The molecule has 0 bridgehead atoms. The van der Waals surface area contributed by atoms with Crippen molar-refractivity contribution >= 4 is 33.9 Å². The average Bonchev–Trinajstić information content (AvgIpc) is 2.57. The normalized spacial score (nSPS) is 40.7. The molecule has 3 heteroatoms. The molecule has 2 saturated carbocycles. The zero-order valence-electron chi connectivity index (χ0n) is 7.87. The van der Waals surface area contributed by atoms with E-state index < -0.39 is 5.60 Å². The van der Waals surface area contributed by atoms with Gasteiger partial charge in [0.2, 0.25) is 0 Å². The summed E-state index contributed by atoms with van der Waals surface area (Å²) in [6, 6.07) is 2.16. The van der Waals surface area contributed by atoms with E-state index in [1.807, 2.05) is 0 Å². The van der Waals surface area contributed by atoms with Crippen LogP contribution in [0.1, 0.15) is 31.2 Å². The standard InChI is InChI=1S/C11H13IOS/c12-10-5-7(6-14-10)11(13)8-3-1-2-4-9(8)11/h5-6,8-9,13H,1-4H2. The molecule has 14 heavy (non-hydrogen) atoms. The molecule has 1 heterocycles. The highest BCUT2D eigenvalue weighted by Crippen LogP contribution is 2.64. The van der Waals surface area contributed by atoms with Gasteiger partial charge in [-0.25, -0.2) is 0 Å². The van der Waals surface area contributed by atoms with Gasteiger partial charge >= 0.3 is 0 Å². The van der Waals surface area contributed by atoms with Crippen molar-refractivity contribution in [2.75, 3.05) is 0 Å². The van der Waals surface area contributed by atoms with Crippen LogP contribution >= 0.6 is 33.9 Å². The lowest BCUT2D eigenvalue weighted by Gasteiger charge is -2.07. The van der Waals surface area contributed by atoms with Crippen LogP contribution in [0.5, 0.6) is 0 Å². The maximum Gasteiger partial charge on any atom is 0.0968 e. The Hall–Kier alpha value is 0.390. The number of hydrogen-bond acceptors (Lipinski definition) is 2. The third kappa shape index (κ3) is 1.21. The summed E-state index contributed by atoms with van der Waals surface area (Å²) in [5.41, 5.74) is 0.750. The van der Waals surface area contributed by atoms with Gasteiger partial charge in [-0.05, 0) is 64.3 Å². The summed E-state index contributed by atoms with van der Waals surface area (Å²) < 4.78 is 1.29. The predicted molar refractivity (Wildman–Crippen MR) is 66.4 cm³/mol. The molecule has 0 spiro atoms. The maximum absolute atomic E-state index is 10.6. The molecule has 0 saturated heterocycles. The van der Waals surface area contributed by atoms with Gasteiger partial charge < -0.3 is 5.11 Å². The summed E-state index contributed by atoms with van der Waals surface area (Å²) in [6.45, 7) is 0. The number of thiophene rings is 1. The van der Waals surface area contributed by atoms with Crippen molar-refractivity contribution in [3.8, 4) is 0 Å². The Balaban J connectivity index is 1.92.